The number of rotatable bonds is 1. The van der Waals surface area contributed by atoms with Crippen LogP contribution >= 0.6 is 0 Å². The van der Waals surface area contributed by atoms with E-state index in [-0.39, 0.29) is 5.41 Å². The van der Waals surface area contributed by atoms with Gasteiger partial charge in [-0.15, -0.1) is 0 Å². The highest BCUT2D eigenvalue weighted by Gasteiger charge is 2.25. The summed E-state index contributed by atoms with van der Waals surface area (Å²) in [5.74, 6) is 0. The summed E-state index contributed by atoms with van der Waals surface area (Å²) in [4.78, 5) is 4.59. The van der Waals surface area contributed by atoms with Crippen LogP contribution < -0.4 is 0 Å². The summed E-state index contributed by atoms with van der Waals surface area (Å²) in [6, 6.07) is 10.3. The molecular formula is C13H15N. The molecular weight excluding hydrogens is 170 g/mol. The normalized spacial score (nSPS) is 19.1. The topological polar surface area (TPSA) is 12.4 Å². The Labute approximate surface area is 85.2 Å². The van der Waals surface area contributed by atoms with Gasteiger partial charge in [0.25, 0.3) is 0 Å². The monoisotopic (exact) mass is 185 g/mol. The van der Waals surface area contributed by atoms with Gasteiger partial charge < -0.3 is 0 Å². The molecule has 1 aromatic carbocycles. The maximum absolute atomic E-state index is 4.59. The molecule has 0 spiro atoms. The molecule has 0 fully saturated rings. The molecule has 0 unspecified atom stereocenters. The Morgan fingerprint density at radius 3 is 2.21 bits per heavy atom. The summed E-state index contributed by atoms with van der Waals surface area (Å²) in [5, 5.41) is 0. The molecule has 0 aliphatic carbocycles. The molecule has 72 valence electrons. The van der Waals surface area contributed by atoms with Crippen molar-refractivity contribution in [1.29, 1.82) is 0 Å². The molecule has 0 N–H and O–H groups in total. The van der Waals surface area contributed by atoms with Crippen LogP contribution in [0, 0.1) is 5.41 Å². The van der Waals surface area contributed by atoms with Crippen LogP contribution in [0.5, 0.6) is 0 Å². The van der Waals surface area contributed by atoms with E-state index in [0.29, 0.717) is 0 Å². The van der Waals surface area contributed by atoms with Gasteiger partial charge in [-0.05, 0) is 18.6 Å². The Morgan fingerprint density at radius 1 is 1.07 bits per heavy atom. The van der Waals surface area contributed by atoms with E-state index in [9.17, 15) is 0 Å². The van der Waals surface area contributed by atoms with Gasteiger partial charge in [-0.25, -0.2) is 0 Å². The Morgan fingerprint density at radius 2 is 1.71 bits per heavy atom. The molecule has 0 atom stereocenters. The molecule has 0 radical (unpaired) electrons. The van der Waals surface area contributed by atoms with E-state index in [0.717, 1.165) is 5.70 Å². The van der Waals surface area contributed by atoms with E-state index in [2.05, 4.69) is 44.0 Å². The number of allylic oxidation sites excluding steroid dienone is 1. The van der Waals surface area contributed by atoms with E-state index in [4.69, 9.17) is 0 Å². The van der Waals surface area contributed by atoms with E-state index in [1.807, 2.05) is 18.2 Å². The molecule has 0 saturated carbocycles. The minimum Gasteiger partial charge on any atom is -0.257 e. The van der Waals surface area contributed by atoms with Gasteiger partial charge in [-0.1, -0.05) is 44.2 Å². The van der Waals surface area contributed by atoms with Gasteiger partial charge in [0.2, 0.25) is 0 Å². The zero-order chi connectivity index (χ0) is 10.2. The summed E-state index contributed by atoms with van der Waals surface area (Å²) in [7, 11) is 0. The second-order valence-electron chi connectivity index (χ2n) is 4.31. The highest BCUT2D eigenvalue weighted by atomic mass is 14.8. The molecule has 1 nitrogen and oxygen atoms in total. The molecule has 2 rings (SSSR count). The summed E-state index contributed by atoms with van der Waals surface area (Å²) < 4.78 is 0. The third kappa shape index (κ3) is 1.50. The first-order chi connectivity index (χ1) is 6.59. The van der Waals surface area contributed by atoms with Crippen LogP contribution in [0.3, 0.4) is 0 Å². The molecule has 1 heteroatoms. The van der Waals surface area contributed by atoms with Crippen LogP contribution in [0.1, 0.15) is 26.3 Å². The van der Waals surface area contributed by atoms with Crippen LogP contribution in [0.2, 0.25) is 0 Å². The number of benzene rings is 1. The zero-order valence-electron chi connectivity index (χ0n) is 8.91. The van der Waals surface area contributed by atoms with Crippen molar-refractivity contribution < 1.29 is 0 Å². The fourth-order valence-corrected chi connectivity index (χ4v) is 1.56. The highest BCUT2D eigenvalue weighted by Crippen LogP contribution is 2.33. The van der Waals surface area contributed by atoms with Crippen molar-refractivity contribution in [3.8, 4) is 0 Å². The Hall–Kier alpha value is -1.37. The van der Waals surface area contributed by atoms with Crippen LogP contribution in [-0.2, 0) is 0 Å². The smallest absolute Gasteiger partial charge is 0.0670 e. The highest BCUT2D eigenvalue weighted by molar-refractivity contribution is 5.98. The van der Waals surface area contributed by atoms with Crippen molar-refractivity contribution in [3.05, 3.63) is 42.0 Å². The van der Waals surface area contributed by atoms with Gasteiger partial charge in [0.1, 0.15) is 0 Å². The maximum atomic E-state index is 4.59. The molecule has 0 amide bonds. The predicted octanol–water partition coefficient (Wildman–Crippen LogP) is 3.53. The summed E-state index contributed by atoms with van der Waals surface area (Å²) >= 11 is 0. The van der Waals surface area contributed by atoms with Crippen molar-refractivity contribution in [2.75, 3.05) is 0 Å². The van der Waals surface area contributed by atoms with E-state index in [1.54, 1.807) is 0 Å². The molecule has 1 heterocycles. The molecule has 1 aromatic rings. The van der Waals surface area contributed by atoms with Gasteiger partial charge in [-0.2, -0.15) is 0 Å². The maximum Gasteiger partial charge on any atom is 0.0670 e. The lowest BCUT2D eigenvalue weighted by molar-refractivity contribution is 0.686. The summed E-state index contributed by atoms with van der Waals surface area (Å²) in [6.07, 6.45) is 2.23. The second-order valence-corrected chi connectivity index (χ2v) is 4.31. The van der Waals surface area contributed by atoms with Crippen molar-refractivity contribution in [2.24, 2.45) is 10.4 Å². The Balaban J connectivity index is 2.41. The van der Waals surface area contributed by atoms with Gasteiger partial charge >= 0.3 is 0 Å². The van der Waals surface area contributed by atoms with Crippen molar-refractivity contribution >= 4 is 11.4 Å². The first-order valence-corrected chi connectivity index (χ1v) is 4.94. The molecule has 0 saturated heterocycles. The van der Waals surface area contributed by atoms with Crippen LogP contribution in [0.4, 0.5) is 0 Å². The number of nitrogens with zero attached hydrogens (tertiary/aromatic N) is 1. The third-order valence-corrected chi connectivity index (χ3v) is 2.79. The number of hydrogen-bond donors (Lipinski definition) is 0. The molecule has 1 aliphatic heterocycles. The Kier molecular flexibility index (Phi) is 2.03. The van der Waals surface area contributed by atoms with Crippen LogP contribution in [-0.4, -0.2) is 5.71 Å². The SMILES string of the molecule is CC1=NC(c2ccccc2)=CC1(C)C. The Bertz CT molecular complexity index is 397. The quantitative estimate of drug-likeness (QED) is 0.634. The lowest BCUT2D eigenvalue weighted by Gasteiger charge is -2.13. The fourth-order valence-electron chi connectivity index (χ4n) is 1.56. The van der Waals surface area contributed by atoms with Gasteiger partial charge in [-0.3, -0.25) is 4.99 Å². The standard InChI is InChI=1S/C13H15N/c1-10-13(2,3)9-12(14-10)11-7-5-4-6-8-11/h4-9H,1-3H3. The van der Waals surface area contributed by atoms with Gasteiger partial charge in [0.15, 0.2) is 0 Å². The predicted molar refractivity (Wildman–Crippen MR) is 61.3 cm³/mol. The van der Waals surface area contributed by atoms with Crippen molar-refractivity contribution in [3.63, 3.8) is 0 Å². The van der Waals surface area contributed by atoms with E-state index < -0.39 is 0 Å². The second kappa shape index (κ2) is 3.09. The largest absolute Gasteiger partial charge is 0.257 e. The fraction of sp³-hybridized carbons (Fsp3) is 0.308. The molecule has 1 aliphatic rings. The molecule has 14 heavy (non-hydrogen) atoms. The van der Waals surface area contributed by atoms with Crippen LogP contribution in [0.25, 0.3) is 5.70 Å². The summed E-state index contributed by atoms with van der Waals surface area (Å²) in [5.41, 5.74) is 3.62. The minimum absolute atomic E-state index is 0.116. The van der Waals surface area contributed by atoms with Gasteiger partial charge in [0, 0.05) is 11.1 Å². The lowest BCUT2D eigenvalue weighted by atomic mass is 9.89. The van der Waals surface area contributed by atoms with E-state index in [1.165, 1.54) is 11.3 Å². The zero-order valence-corrected chi connectivity index (χ0v) is 8.91. The number of aliphatic imine (C=N–C) groups is 1. The van der Waals surface area contributed by atoms with Crippen molar-refractivity contribution in [1.82, 2.24) is 0 Å². The third-order valence-electron chi connectivity index (χ3n) is 2.79. The van der Waals surface area contributed by atoms with Gasteiger partial charge in [0.05, 0.1) is 5.70 Å². The average Bonchev–Trinajstić information content (AvgIpc) is 2.43. The lowest BCUT2D eigenvalue weighted by Crippen LogP contribution is -2.14. The molecule has 0 aromatic heterocycles. The molecule has 0 bridgehead atoms. The van der Waals surface area contributed by atoms with Crippen molar-refractivity contribution in [2.45, 2.75) is 20.8 Å². The minimum atomic E-state index is 0.116. The van der Waals surface area contributed by atoms with E-state index >= 15 is 0 Å². The number of hydrogen-bond acceptors (Lipinski definition) is 1. The average molecular weight is 185 g/mol. The first-order valence-electron chi connectivity index (χ1n) is 4.94. The first kappa shape index (κ1) is 9.20. The van der Waals surface area contributed by atoms with Crippen LogP contribution in [0.15, 0.2) is 41.4 Å². The summed E-state index contributed by atoms with van der Waals surface area (Å²) in [6.45, 7) is 6.48.